The molecular formula is C47H83O10P. The Morgan fingerprint density at radius 3 is 1.43 bits per heavy atom. The number of carbonyl (C=O) groups excluding carboxylic acids is 2. The zero-order chi connectivity index (χ0) is 42.6. The van der Waals surface area contributed by atoms with Crippen molar-refractivity contribution in [1.82, 2.24) is 0 Å². The van der Waals surface area contributed by atoms with Gasteiger partial charge in [0.15, 0.2) is 6.10 Å². The number of phosphoric ester groups is 1. The van der Waals surface area contributed by atoms with Crippen LogP contribution < -0.4 is 0 Å². The van der Waals surface area contributed by atoms with Crippen molar-refractivity contribution in [2.75, 3.05) is 26.4 Å². The van der Waals surface area contributed by atoms with Crippen LogP contribution in [0.5, 0.6) is 0 Å². The molecule has 0 radical (unpaired) electrons. The number of carbonyl (C=O) groups is 2. The summed E-state index contributed by atoms with van der Waals surface area (Å²) in [6.45, 7) is 2.23. The number of aliphatic hydroxyl groups excluding tert-OH is 2. The average molecular weight is 839 g/mol. The van der Waals surface area contributed by atoms with E-state index in [2.05, 4.69) is 74.6 Å². The van der Waals surface area contributed by atoms with Crippen molar-refractivity contribution in [2.24, 2.45) is 0 Å². The van der Waals surface area contributed by atoms with Gasteiger partial charge in [-0.05, 0) is 77.0 Å². The summed E-state index contributed by atoms with van der Waals surface area (Å²) in [7, 11) is -4.63. The fraction of sp³-hybridized carbons (Fsp3) is 0.745. The van der Waals surface area contributed by atoms with E-state index in [4.69, 9.17) is 23.6 Å². The number of ether oxygens (including phenoxy) is 2. The molecule has 3 atom stereocenters. The second kappa shape index (κ2) is 42.8. The molecule has 0 aromatic heterocycles. The standard InChI is InChI=1S/C47H83O10P/c1-3-5-7-9-11-13-15-17-19-21-23-24-26-28-30-32-34-36-38-46(50)54-42-45(43-56-58(52,53)55-41-44(49)40-48)57-47(51)39-37-35-33-31-29-27-25-22-20-18-16-14-12-10-8-6-4-2/h6,8,12-15,18-21,44-45,48-49H,3-5,7,9-11,16-17,22-43H2,1-2H3,(H,52,53)/b8-6-,14-12-,15-13-,20-18-,21-19-. The van der Waals surface area contributed by atoms with E-state index in [1.807, 2.05) is 0 Å². The van der Waals surface area contributed by atoms with E-state index in [0.717, 1.165) is 83.5 Å². The quantitative estimate of drug-likeness (QED) is 0.0235. The second-order valence-corrected chi connectivity index (χ2v) is 16.5. The van der Waals surface area contributed by atoms with Gasteiger partial charge in [-0.15, -0.1) is 0 Å². The molecule has 0 fully saturated rings. The molecule has 0 heterocycles. The van der Waals surface area contributed by atoms with Crippen LogP contribution in [0.3, 0.4) is 0 Å². The normalized spacial score (nSPS) is 14.4. The third-order valence-corrected chi connectivity index (χ3v) is 10.4. The number of phosphoric acid groups is 1. The highest BCUT2D eigenvalue weighted by atomic mass is 31.2. The fourth-order valence-corrected chi connectivity index (χ4v) is 6.71. The number of aliphatic hydroxyl groups is 2. The first kappa shape index (κ1) is 55.7. The van der Waals surface area contributed by atoms with Gasteiger partial charge in [0.1, 0.15) is 12.7 Å². The molecule has 336 valence electrons. The van der Waals surface area contributed by atoms with Crippen LogP contribution in [0.1, 0.15) is 187 Å². The highest BCUT2D eigenvalue weighted by Crippen LogP contribution is 2.43. The Labute approximate surface area is 353 Å². The summed E-state index contributed by atoms with van der Waals surface area (Å²) in [5.41, 5.74) is 0. The highest BCUT2D eigenvalue weighted by molar-refractivity contribution is 7.47. The van der Waals surface area contributed by atoms with Crippen LogP contribution in [-0.2, 0) is 32.7 Å². The highest BCUT2D eigenvalue weighted by Gasteiger charge is 2.27. The van der Waals surface area contributed by atoms with Gasteiger partial charge in [0, 0.05) is 12.8 Å². The molecule has 11 heteroatoms. The minimum Gasteiger partial charge on any atom is -0.462 e. The smallest absolute Gasteiger partial charge is 0.462 e. The third-order valence-electron chi connectivity index (χ3n) is 9.41. The number of rotatable bonds is 42. The van der Waals surface area contributed by atoms with Gasteiger partial charge in [-0.2, -0.15) is 0 Å². The molecule has 0 aliphatic heterocycles. The first-order valence-electron chi connectivity index (χ1n) is 22.7. The first-order valence-corrected chi connectivity index (χ1v) is 24.2. The van der Waals surface area contributed by atoms with E-state index in [9.17, 15) is 24.2 Å². The molecule has 58 heavy (non-hydrogen) atoms. The summed E-state index contributed by atoms with van der Waals surface area (Å²) in [5, 5.41) is 18.4. The Morgan fingerprint density at radius 1 is 0.534 bits per heavy atom. The topological polar surface area (TPSA) is 149 Å². The van der Waals surface area contributed by atoms with E-state index in [1.165, 1.54) is 64.2 Å². The molecule has 0 aromatic carbocycles. The van der Waals surface area contributed by atoms with Crippen LogP contribution in [-0.4, -0.2) is 65.7 Å². The van der Waals surface area contributed by atoms with Crippen LogP contribution in [0.15, 0.2) is 60.8 Å². The fourth-order valence-electron chi connectivity index (χ4n) is 5.92. The Balaban J connectivity index is 4.29. The van der Waals surface area contributed by atoms with E-state index in [1.54, 1.807) is 0 Å². The predicted octanol–water partition coefficient (Wildman–Crippen LogP) is 12.3. The number of allylic oxidation sites excluding steroid dienone is 10. The largest absolute Gasteiger partial charge is 0.472 e. The van der Waals surface area contributed by atoms with E-state index in [0.29, 0.717) is 12.8 Å². The number of hydrogen-bond acceptors (Lipinski definition) is 9. The molecule has 0 aliphatic carbocycles. The van der Waals surface area contributed by atoms with Crippen molar-refractivity contribution < 1.29 is 47.8 Å². The zero-order valence-corrected chi connectivity index (χ0v) is 37.4. The van der Waals surface area contributed by atoms with Crippen molar-refractivity contribution in [3.63, 3.8) is 0 Å². The molecule has 3 unspecified atom stereocenters. The van der Waals surface area contributed by atoms with Gasteiger partial charge in [0.25, 0.3) is 0 Å². The summed E-state index contributed by atoms with van der Waals surface area (Å²) in [6, 6.07) is 0. The van der Waals surface area contributed by atoms with E-state index in [-0.39, 0.29) is 19.4 Å². The van der Waals surface area contributed by atoms with Gasteiger partial charge >= 0.3 is 19.8 Å². The van der Waals surface area contributed by atoms with Crippen LogP contribution >= 0.6 is 7.82 Å². The maximum Gasteiger partial charge on any atom is 0.472 e. The van der Waals surface area contributed by atoms with Crippen molar-refractivity contribution in [3.8, 4) is 0 Å². The maximum absolute atomic E-state index is 12.6. The molecule has 0 aliphatic rings. The Morgan fingerprint density at radius 2 is 0.948 bits per heavy atom. The van der Waals surface area contributed by atoms with Gasteiger partial charge in [-0.3, -0.25) is 18.6 Å². The molecule has 0 saturated heterocycles. The Kier molecular flexibility index (Phi) is 41.1. The van der Waals surface area contributed by atoms with Gasteiger partial charge in [-0.25, -0.2) is 4.57 Å². The van der Waals surface area contributed by atoms with Crippen molar-refractivity contribution in [3.05, 3.63) is 60.8 Å². The Bertz CT molecular complexity index is 1150. The lowest BCUT2D eigenvalue weighted by Gasteiger charge is -2.20. The van der Waals surface area contributed by atoms with Gasteiger partial charge < -0.3 is 24.6 Å². The van der Waals surface area contributed by atoms with Crippen LogP contribution in [0.4, 0.5) is 0 Å². The molecule has 0 spiro atoms. The molecular weight excluding hydrogens is 755 g/mol. The molecule has 3 N–H and O–H groups in total. The van der Waals surface area contributed by atoms with Crippen molar-refractivity contribution in [1.29, 1.82) is 0 Å². The Hall–Kier alpha value is -2.33. The van der Waals surface area contributed by atoms with Crippen LogP contribution in [0, 0.1) is 0 Å². The third kappa shape index (κ3) is 41.8. The van der Waals surface area contributed by atoms with Crippen molar-refractivity contribution in [2.45, 2.75) is 199 Å². The maximum atomic E-state index is 12.6. The van der Waals surface area contributed by atoms with Crippen molar-refractivity contribution >= 4 is 19.8 Å². The van der Waals surface area contributed by atoms with Crippen LogP contribution in [0.25, 0.3) is 0 Å². The number of unbranched alkanes of at least 4 members (excludes halogenated alkanes) is 18. The molecule has 0 aromatic rings. The minimum absolute atomic E-state index is 0.169. The van der Waals surface area contributed by atoms with E-state index < -0.39 is 51.8 Å². The number of hydrogen-bond donors (Lipinski definition) is 3. The average Bonchev–Trinajstić information content (AvgIpc) is 3.21. The zero-order valence-electron chi connectivity index (χ0n) is 36.5. The molecule has 0 amide bonds. The van der Waals surface area contributed by atoms with Gasteiger partial charge in [0.2, 0.25) is 0 Å². The lowest BCUT2D eigenvalue weighted by Crippen LogP contribution is -2.29. The SMILES string of the molecule is CC/C=C\C/C=C\C/C=C\CCCCCCCCCC(=O)OC(COC(=O)CCCCCCCCC/C=C\C/C=C\CCCCCC)COP(=O)(O)OCC(O)CO. The summed E-state index contributed by atoms with van der Waals surface area (Å²) in [4.78, 5) is 35.1. The second-order valence-electron chi connectivity index (χ2n) is 15.0. The molecule has 0 rings (SSSR count). The summed E-state index contributed by atoms with van der Waals surface area (Å²) in [6.07, 6.45) is 47.5. The lowest BCUT2D eigenvalue weighted by molar-refractivity contribution is -0.161. The van der Waals surface area contributed by atoms with Gasteiger partial charge in [0.05, 0.1) is 19.8 Å². The summed E-state index contributed by atoms with van der Waals surface area (Å²) >= 11 is 0. The van der Waals surface area contributed by atoms with Crippen LogP contribution in [0.2, 0.25) is 0 Å². The lowest BCUT2D eigenvalue weighted by atomic mass is 10.1. The first-order chi connectivity index (χ1) is 28.2. The summed E-state index contributed by atoms with van der Waals surface area (Å²) < 4.78 is 32.8. The van der Waals surface area contributed by atoms with E-state index >= 15 is 0 Å². The number of esters is 2. The minimum atomic E-state index is -4.63. The van der Waals surface area contributed by atoms with Gasteiger partial charge in [-0.1, -0.05) is 158 Å². The molecule has 0 bridgehead atoms. The molecule has 10 nitrogen and oxygen atoms in total. The monoisotopic (exact) mass is 839 g/mol. The molecule has 0 saturated carbocycles. The summed E-state index contributed by atoms with van der Waals surface area (Å²) in [5.74, 6) is -0.947. The predicted molar refractivity (Wildman–Crippen MR) is 237 cm³/mol.